The molecule has 2 aromatic rings. The Morgan fingerprint density at radius 2 is 2.25 bits per heavy atom. The van der Waals surface area contributed by atoms with E-state index in [1.807, 2.05) is 13.0 Å². The summed E-state index contributed by atoms with van der Waals surface area (Å²) in [7, 11) is 1.27. The van der Waals surface area contributed by atoms with Crippen molar-refractivity contribution in [3.63, 3.8) is 0 Å². The van der Waals surface area contributed by atoms with E-state index in [-0.39, 0.29) is 11.3 Å². The zero-order valence-corrected chi connectivity index (χ0v) is 9.11. The number of carbonyl (C=O) groups excluding carboxylic acids is 1. The highest BCUT2D eigenvalue weighted by Gasteiger charge is 2.19. The molecule has 1 N–H and O–H groups in total. The number of methoxy groups -OCH3 is 1. The molecule has 2 rings (SSSR count). The summed E-state index contributed by atoms with van der Waals surface area (Å²) in [5.74, 6) is 0.0437. The van der Waals surface area contributed by atoms with Crippen LogP contribution in [0.4, 0.5) is 0 Å². The number of hydrogen-bond acceptors (Lipinski definition) is 4. The van der Waals surface area contributed by atoms with E-state index < -0.39 is 5.97 Å². The van der Waals surface area contributed by atoms with Gasteiger partial charge in [0.1, 0.15) is 17.1 Å². The maximum atomic E-state index is 11.5. The van der Waals surface area contributed by atoms with Crippen LogP contribution in [0.1, 0.15) is 23.0 Å². The number of aromatic hydroxyl groups is 1. The van der Waals surface area contributed by atoms with Crippen molar-refractivity contribution in [2.24, 2.45) is 0 Å². The predicted octanol–water partition coefficient (Wildman–Crippen LogP) is 2.49. The van der Waals surface area contributed by atoms with Gasteiger partial charge in [-0.2, -0.15) is 0 Å². The number of hydrogen-bond donors (Lipinski definition) is 1. The number of aryl methyl sites for hydroxylation is 1. The van der Waals surface area contributed by atoms with Gasteiger partial charge < -0.3 is 14.3 Å². The number of benzene rings is 1. The van der Waals surface area contributed by atoms with E-state index >= 15 is 0 Å². The van der Waals surface area contributed by atoms with E-state index in [4.69, 9.17) is 4.42 Å². The summed E-state index contributed by atoms with van der Waals surface area (Å²) in [6, 6.07) is 5.02. The molecule has 4 heteroatoms. The second-order valence-corrected chi connectivity index (χ2v) is 3.44. The summed E-state index contributed by atoms with van der Waals surface area (Å²) in [6.45, 7) is 1.95. The first-order chi connectivity index (χ1) is 7.67. The Morgan fingerprint density at radius 1 is 1.50 bits per heavy atom. The highest BCUT2D eigenvalue weighted by atomic mass is 16.5. The van der Waals surface area contributed by atoms with Crippen molar-refractivity contribution in [1.29, 1.82) is 0 Å². The van der Waals surface area contributed by atoms with Gasteiger partial charge in [0.25, 0.3) is 0 Å². The maximum Gasteiger partial charge on any atom is 0.345 e. The van der Waals surface area contributed by atoms with Crippen LogP contribution in [0.15, 0.2) is 22.6 Å². The molecule has 0 amide bonds. The SMILES string of the molecule is CCc1cc2ccc(O)c(C(=O)OC)c2o1. The number of fused-ring (bicyclic) bond motifs is 1. The van der Waals surface area contributed by atoms with Crippen LogP contribution in [0.25, 0.3) is 11.0 Å². The van der Waals surface area contributed by atoms with Crippen molar-refractivity contribution in [3.05, 3.63) is 29.5 Å². The fourth-order valence-electron chi connectivity index (χ4n) is 1.62. The monoisotopic (exact) mass is 220 g/mol. The van der Waals surface area contributed by atoms with Gasteiger partial charge in [-0.1, -0.05) is 6.92 Å². The Labute approximate surface area is 92.4 Å². The second kappa shape index (κ2) is 3.89. The third-order valence-electron chi connectivity index (χ3n) is 2.45. The normalized spacial score (nSPS) is 10.6. The minimum Gasteiger partial charge on any atom is -0.507 e. The predicted molar refractivity (Wildman–Crippen MR) is 58.6 cm³/mol. The molecule has 1 heterocycles. The lowest BCUT2D eigenvalue weighted by Crippen LogP contribution is -2.01. The van der Waals surface area contributed by atoms with E-state index in [1.54, 1.807) is 6.07 Å². The quantitative estimate of drug-likeness (QED) is 0.790. The molecule has 1 aromatic heterocycles. The van der Waals surface area contributed by atoms with Crippen molar-refractivity contribution in [2.75, 3.05) is 7.11 Å². The molecule has 0 bridgehead atoms. The van der Waals surface area contributed by atoms with E-state index in [9.17, 15) is 9.90 Å². The average molecular weight is 220 g/mol. The van der Waals surface area contributed by atoms with E-state index in [0.29, 0.717) is 5.58 Å². The number of rotatable bonds is 2. The maximum absolute atomic E-state index is 11.5. The second-order valence-electron chi connectivity index (χ2n) is 3.44. The summed E-state index contributed by atoms with van der Waals surface area (Å²) in [6.07, 6.45) is 0.732. The summed E-state index contributed by atoms with van der Waals surface area (Å²) >= 11 is 0. The first-order valence-corrected chi connectivity index (χ1v) is 5.00. The Balaban J connectivity index is 2.73. The summed E-state index contributed by atoms with van der Waals surface area (Å²) in [5, 5.41) is 10.4. The minimum absolute atomic E-state index is 0.0831. The summed E-state index contributed by atoms with van der Waals surface area (Å²) in [4.78, 5) is 11.5. The van der Waals surface area contributed by atoms with Gasteiger partial charge in [0.15, 0.2) is 5.58 Å². The molecule has 0 radical (unpaired) electrons. The van der Waals surface area contributed by atoms with E-state index in [2.05, 4.69) is 4.74 Å². The van der Waals surface area contributed by atoms with Gasteiger partial charge in [-0.25, -0.2) is 4.79 Å². The zero-order valence-electron chi connectivity index (χ0n) is 9.11. The first-order valence-electron chi connectivity index (χ1n) is 5.00. The van der Waals surface area contributed by atoms with Crippen molar-refractivity contribution in [2.45, 2.75) is 13.3 Å². The highest BCUT2D eigenvalue weighted by Crippen LogP contribution is 2.30. The summed E-state index contributed by atoms with van der Waals surface area (Å²) < 4.78 is 10.1. The molecule has 4 nitrogen and oxygen atoms in total. The number of carbonyl (C=O) groups is 1. The third kappa shape index (κ3) is 1.52. The largest absolute Gasteiger partial charge is 0.507 e. The molecular formula is C12H12O4. The Kier molecular flexibility index (Phi) is 2.56. The molecule has 16 heavy (non-hydrogen) atoms. The van der Waals surface area contributed by atoms with Gasteiger partial charge >= 0.3 is 5.97 Å². The first kappa shape index (κ1) is 10.5. The molecule has 0 aliphatic carbocycles. The molecule has 0 spiro atoms. The Bertz CT molecular complexity index is 539. The van der Waals surface area contributed by atoms with Gasteiger partial charge in [0, 0.05) is 11.8 Å². The lowest BCUT2D eigenvalue weighted by Gasteiger charge is -2.02. The van der Waals surface area contributed by atoms with Crippen molar-refractivity contribution in [1.82, 2.24) is 0 Å². The molecule has 1 aromatic carbocycles. The Hall–Kier alpha value is -1.97. The lowest BCUT2D eigenvalue weighted by atomic mass is 10.1. The third-order valence-corrected chi connectivity index (χ3v) is 2.45. The average Bonchev–Trinajstić information content (AvgIpc) is 2.71. The molecule has 0 aliphatic heterocycles. The number of esters is 1. The number of phenols is 1. The van der Waals surface area contributed by atoms with Crippen LogP contribution in [0.3, 0.4) is 0 Å². The van der Waals surface area contributed by atoms with Crippen molar-refractivity contribution >= 4 is 16.9 Å². The van der Waals surface area contributed by atoms with Gasteiger partial charge in [-0.3, -0.25) is 0 Å². The van der Waals surface area contributed by atoms with E-state index in [0.717, 1.165) is 17.6 Å². The molecular weight excluding hydrogens is 208 g/mol. The van der Waals surface area contributed by atoms with Crippen LogP contribution in [0, 0.1) is 0 Å². The standard InChI is InChI=1S/C12H12O4/c1-3-8-6-7-4-5-9(13)10(11(7)16-8)12(14)15-2/h4-6,13H,3H2,1-2H3. The number of ether oxygens (including phenoxy) is 1. The van der Waals surface area contributed by atoms with Crippen LogP contribution in [-0.4, -0.2) is 18.2 Å². The molecule has 0 saturated carbocycles. The lowest BCUT2D eigenvalue weighted by molar-refractivity contribution is 0.0598. The fraction of sp³-hybridized carbons (Fsp3) is 0.250. The van der Waals surface area contributed by atoms with Crippen LogP contribution in [0.2, 0.25) is 0 Å². The topological polar surface area (TPSA) is 59.7 Å². The Morgan fingerprint density at radius 3 is 2.88 bits per heavy atom. The van der Waals surface area contributed by atoms with Gasteiger partial charge in [-0.05, 0) is 18.2 Å². The van der Waals surface area contributed by atoms with Gasteiger partial charge in [0.2, 0.25) is 0 Å². The van der Waals surface area contributed by atoms with Crippen LogP contribution in [0.5, 0.6) is 5.75 Å². The molecule has 0 unspecified atom stereocenters. The molecule has 0 fully saturated rings. The van der Waals surface area contributed by atoms with Crippen LogP contribution >= 0.6 is 0 Å². The van der Waals surface area contributed by atoms with Gasteiger partial charge in [0.05, 0.1) is 7.11 Å². The minimum atomic E-state index is -0.597. The smallest absolute Gasteiger partial charge is 0.345 e. The highest BCUT2D eigenvalue weighted by molar-refractivity contribution is 6.04. The summed E-state index contributed by atoms with van der Waals surface area (Å²) in [5.41, 5.74) is 0.461. The van der Waals surface area contributed by atoms with Crippen molar-refractivity contribution in [3.8, 4) is 5.75 Å². The van der Waals surface area contributed by atoms with Gasteiger partial charge in [-0.15, -0.1) is 0 Å². The fourth-order valence-corrected chi connectivity index (χ4v) is 1.62. The van der Waals surface area contributed by atoms with Crippen molar-refractivity contribution < 1.29 is 19.1 Å². The molecule has 0 atom stereocenters. The van der Waals surface area contributed by atoms with E-state index in [1.165, 1.54) is 13.2 Å². The van der Waals surface area contributed by atoms with Crippen LogP contribution in [-0.2, 0) is 11.2 Å². The number of furan rings is 1. The number of phenolic OH excluding ortho intramolecular Hbond substituents is 1. The molecule has 0 aliphatic rings. The molecule has 0 saturated heterocycles. The van der Waals surface area contributed by atoms with Crippen LogP contribution < -0.4 is 0 Å². The molecule has 84 valence electrons. The zero-order chi connectivity index (χ0) is 11.7.